The van der Waals surface area contributed by atoms with Crippen LogP contribution in [0.4, 0.5) is 0 Å². The predicted molar refractivity (Wildman–Crippen MR) is 163 cm³/mol. The van der Waals surface area contributed by atoms with Crippen molar-refractivity contribution in [2.75, 3.05) is 0 Å². The first-order chi connectivity index (χ1) is 20.8. The van der Waals surface area contributed by atoms with Crippen LogP contribution in [0.1, 0.15) is 68.2 Å². The Morgan fingerprint density at radius 3 is 1.65 bits per heavy atom. The molecule has 214 valence electrons. The van der Waals surface area contributed by atoms with E-state index in [1.807, 2.05) is 48.5 Å². The van der Waals surface area contributed by atoms with Gasteiger partial charge < -0.3 is 0 Å². The van der Waals surface area contributed by atoms with Gasteiger partial charge in [-0.3, -0.25) is 19.2 Å². The molecule has 1 heterocycles. The van der Waals surface area contributed by atoms with Crippen molar-refractivity contribution < 1.29 is 19.2 Å². The molecule has 0 spiro atoms. The molecule has 0 N–H and O–H groups in total. The number of benzene rings is 4. The highest BCUT2D eigenvalue weighted by Crippen LogP contribution is 2.61. The second-order valence-corrected chi connectivity index (χ2v) is 12.0. The third kappa shape index (κ3) is 4.08. The number of carbonyl (C=O) groups excluding carboxylic acids is 4. The van der Waals surface area contributed by atoms with E-state index in [9.17, 15) is 19.2 Å². The number of halogens is 2. The Hall–Kier alpha value is -4.26. The van der Waals surface area contributed by atoms with Gasteiger partial charge >= 0.3 is 0 Å². The van der Waals surface area contributed by atoms with Gasteiger partial charge in [0.1, 0.15) is 6.04 Å². The Morgan fingerprint density at radius 1 is 0.698 bits per heavy atom. The maximum absolute atomic E-state index is 14.6. The van der Waals surface area contributed by atoms with E-state index in [-0.39, 0.29) is 39.6 Å². The molecule has 0 aromatic heterocycles. The Labute approximate surface area is 258 Å². The molecule has 1 saturated heterocycles. The number of Topliss-reactive ketones (excluding diaryl/α,β-unsaturated/α-hetero) is 1. The Morgan fingerprint density at radius 2 is 1.19 bits per heavy atom. The quantitative estimate of drug-likeness (QED) is 0.176. The zero-order valence-electron chi connectivity index (χ0n) is 23.1. The van der Waals surface area contributed by atoms with Gasteiger partial charge in [0.2, 0.25) is 0 Å². The van der Waals surface area contributed by atoms with Crippen LogP contribution in [0, 0.1) is 11.8 Å². The molecule has 43 heavy (non-hydrogen) atoms. The molecule has 6 nitrogen and oxygen atoms in total. The maximum Gasteiger partial charge on any atom is 0.273 e. The summed E-state index contributed by atoms with van der Waals surface area (Å²) in [6, 6.07) is 27.7. The van der Waals surface area contributed by atoms with Gasteiger partial charge in [0.25, 0.3) is 17.7 Å². The van der Waals surface area contributed by atoms with E-state index in [4.69, 9.17) is 23.2 Å². The minimum absolute atomic E-state index is 0.110. The van der Waals surface area contributed by atoms with Crippen LogP contribution in [-0.2, 0) is 9.59 Å². The molecule has 3 amide bonds. The molecule has 3 atom stereocenters. The molecule has 4 aromatic carbocycles. The van der Waals surface area contributed by atoms with E-state index in [1.165, 1.54) is 18.2 Å². The minimum Gasteiger partial charge on any atom is -0.292 e. The SMILES string of the molecule is CC[C@H](C(=O)c1ccccc1)N(C(=O)c1ccc(Cl)c(Cl)c1)N1C(=O)[C@@H]2C3c4ccccc4C(c4ccccc43)[C@@H]2C1=O. The van der Waals surface area contributed by atoms with Crippen LogP contribution in [0.2, 0.25) is 10.0 Å². The number of rotatable bonds is 6. The lowest BCUT2D eigenvalue weighted by atomic mass is 9.55. The molecule has 0 radical (unpaired) electrons. The van der Waals surface area contributed by atoms with Gasteiger partial charge in [-0.15, -0.1) is 0 Å². The molecule has 1 aliphatic heterocycles. The van der Waals surface area contributed by atoms with Crippen molar-refractivity contribution in [1.82, 2.24) is 10.0 Å². The molecular formula is C35H26Cl2N2O4. The Bertz CT molecular complexity index is 1710. The number of ketones is 1. The number of carbonyl (C=O) groups is 4. The summed E-state index contributed by atoms with van der Waals surface area (Å²) in [5.74, 6) is -4.15. The number of hydrazine groups is 1. The van der Waals surface area contributed by atoms with E-state index >= 15 is 0 Å². The summed E-state index contributed by atoms with van der Waals surface area (Å²) in [7, 11) is 0. The second-order valence-electron chi connectivity index (χ2n) is 11.2. The van der Waals surface area contributed by atoms with Crippen molar-refractivity contribution in [2.24, 2.45) is 11.8 Å². The van der Waals surface area contributed by atoms with Crippen LogP contribution in [0.15, 0.2) is 97.1 Å². The van der Waals surface area contributed by atoms with Crippen LogP contribution in [0.3, 0.4) is 0 Å². The number of imide groups is 1. The van der Waals surface area contributed by atoms with Crippen LogP contribution in [0.5, 0.6) is 0 Å². The first kappa shape index (κ1) is 27.6. The van der Waals surface area contributed by atoms with Crippen molar-refractivity contribution >= 4 is 46.7 Å². The van der Waals surface area contributed by atoms with Crippen molar-refractivity contribution in [3.05, 3.63) is 140 Å². The highest BCUT2D eigenvalue weighted by atomic mass is 35.5. The Kier molecular flexibility index (Phi) is 6.71. The zero-order chi connectivity index (χ0) is 30.0. The number of hydrogen-bond donors (Lipinski definition) is 0. The molecule has 4 aliphatic rings. The summed E-state index contributed by atoms with van der Waals surface area (Å²) >= 11 is 12.4. The molecule has 2 bridgehead atoms. The summed E-state index contributed by atoms with van der Waals surface area (Å²) < 4.78 is 0. The first-order valence-electron chi connectivity index (χ1n) is 14.3. The normalized spacial score (nSPS) is 22.1. The molecule has 0 unspecified atom stereocenters. The van der Waals surface area contributed by atoms with E-state index in [0.29, 0.717) is 5.56 Å². The first-order valence-corrected chi connectivity index (χ1v) is 15.0. The average molecular weight is 610 g/mol. The maximum atomic E-state index is 14.6. The van der Waals surface area contributed by atoms with Gasteiger partial charge in [-0.25, -0.2) is 5.01 Å². The predicted octanol–water partition coefficient (Wildman–Crippen LogP) is 6.90. The molecular weight excluding hydrogens is 583 g/mol. The van der Waals surface area contributed by atoms with E-state index in [2.05, 4.69) is 0 Å². The van der Waals surface area contributed by atoms with Crippen molar-refractivity contribution in [2.45, 2.75) is 31.2 Å². The van der Waals surface area contributed by atoms with Gasteiger partial charge in [-0.2, -0.15) is 5.01 Å². The number of hydrogen-bond acceptors (Lipinski definition) is 4. The third-order valence-electron chi connectivity index (χ3n) is 9.06. The fourth-order valence-electron chi connectivity index (χ4n) is 7.27. The smallest absolute Gasteiger partial charge is 0.273 e. The standard InChI is InChI=1S/C35H26Cl2N2O4/c1-2-27(32(40)19-10-4-3-5-11-19)38(33(41)20-16-17-25(36)26(37)18-20)39-34(42)30-28-21-12-6-7-13-22(21)29(31(30)35(39)43)24-15-9-8-14-23(24)28/h3-18,27-31H,2H2,1H3/t27-,28?,29?,30-,31+/m1/s1. The van der Waals surface area contributed by atoms with Crippen molar-refractivity contribution in [3.63, 3.8) is 0 Å². The summed E-state index contributed by atoms with van der Waals surface area (Å²) in [4.78, 5) is 57.5. The summed E-state index contributed by atoms with van der Waals surface area (Å²) in [6.07, 6.45) is 0.167. The lowest BCUT2D eigenvalue weighted by Crippen LogP contribution is -2.57. The van der Waals surface area contributed by atoms with Crippen LogP contribution in [0.25, 0.3) is 0 Å². The van der Waals surface area contributed by atoms with Crippen molar-refractivity contribution in [3.8, 4) is 0 Å². The Balaban J connectivity index is 1.38. The molecule has 8 heteroatoms. The number of nitrogens with zero attached hydrogens (tertiary/aromatic N) is 2. The fraction of sp³-hybridized carbons (Fsp3) is 0.200. The lowest BCUT2D eigenvalue weighted by Gasteiger charge is -2.45. The van der Waals surface area contributed by atoms with Crippen LogP contribution < -0.4 is 0 Å². The summed E-state index contributed by atoms with van der Waals surface area (Å²) in [5, 5.41) is 2.44. The highest BCUT2D eigenvalue weighted by Gasteiger charge is 2.63. The van der Waals surface area contributed by atoms with Gasteiger partial charge in [0.15, 0.2) is 5.78 Å². The van der Waals surface area contributed by atoms with Gasteiger partial charge in [-0.1, -0.05) is 109 Å². The largest absolute Gasteiger partial charge is 0.292 e. The van der Waals surface area contributed by atoms with Crippen molar-refractivity contribution in [1.29, 1.82) is 0 Å². The van der Waals surface area contributed by atoms with Crippen LogP contribution in [-0.4, -0.2) is 39.6 Å². The second kappa shape index (κ2) is 10.5. The molecule has 1 fully saturated rings. The van der Waals surface area contributed by atoms with E-state index in [0.717, 1.165) is 32.3 Å². The molecule has 3 aliphatic carbocycles. The van der Waals surface area contributed by atoms with Gasteiger partial charge in [-0.05, 0) is 46.9 Å². The van der Waals surface area contributed by atoms with Gasteiger partial charge in [0, 0.05) is 23.0 Å². The summed E-state index contributed by atoms with van der Waals surface area (Å²) in [5.41, 5.74) is 4.56. The van der Waals surface area contributed by atoms with E-state index in [1.54, 1.807) is 37.3 Å². The number of amides is 3. The molecule has 0 saturated carbocycles. The van der Waals surface area contributed by atoms with Crippen LogP contribution >= 0.6 is 23.2 Å². The third-order valence-corrected chi connectivity index (χ3v) is 9.80. The summed E-state index contributed by atoms with van der Waals surface area (Å²) in [6.45, 7) is 1.76. The average Bonchev–Trinajstić information content (AvgIpc) is 3.30. The highest BCUT2D eigenvalue weighted by molar-refractivity contribution is 6.42. The van der Waals surface area contributed by atoms with E-state index < -0.39 is 35.6 Å². The lowest BCUT2D eigenvalue weighted by molar-refractivity contribution is -0.156. The zero-order valence-corrected chi connectivity index (χ0v) is 24.6. The fourth-order valence-corrected chi connectivity index (χ4v) is 7.57. The topological polar surface area (TPSA) is 74.8 Å². The molecule has 4 aromatic rings. The van der Waals surface area contributed by atoms with Gasteiger partial charge in [0.05, 0.1) is 21.9 Å². The minimum atomic E-state index is -1.13. The molecule has 8 rings (SSSR count). The monoisotopic (exact) mass is 608 g/mol.